The van der Waals surface area contributed by atoms with Crippen LogP contribution in [0.5, 0.6) is 5.75 Å². The van der Waals surface area contributed by atoms with Crippen LogP contribution in [0.15, 0.2) is 24.3 Å². The Morgan fingerprint density at radius 3 is 2.35 bits per heavy atom. The predicted molar refractivity (Wildman–Crippen MR) is 66.8 cm³/mol. The highest BCUT2D eigenvalue weighted by atomic mass is 16.7. The summed E-state index contributed by atoms with van der Waals surface area (Å²) in [5, 5.41) is 47.4. The van der Waals surface area contributed by atoms with Crippen LogP contribution in [-0.4, -0.2) is 62.8 Å². The molecule has 1 aromatic carbocycles. The molecule has 20 heavy (non-hydrogen) atoms. The van der Waals surface area contributed by atoms with Gasteiger partial charge in [0, 0.05) is 5.56 Å². The zero-order chi connectivity index (χ0) is 14.7. The van der Waals surface area contributed by atoms with Crippen molar-refractivity contribution < 1.29 is 35.0 Å². The Kier molecular flexibility index (Phi) is 4.92. The van der Waals surface area contributed by atoms with Crippen LogP contribution >= 0.6 is 0 Å². The van der Waals surface area contributed by atoms with Gasteiger partial charge in [-0.15, -0.1) is 0 Å². The van der Waals surface area contributed by atoms with Gasteiger partial charge in [-0.25, -0.2) is 0 Å². The standard InChI is InChI=1S/C13H18O7/c14-5-7-3-1-2-4-8(7)19-13-12(18)11(17)10(16)9(6-15)20-13/h1-4,9-18H,5-6H2/t9-,10-,11-,12+,13-/m1/s1. The molecule has 7 nitrogen and oxygen atoms in total. The van der Waals surface area contributed by atoms with E-state index in [1.54, 1.807) is 24.3 Å². The Morgan fingerprint density at radius 2 is 1.70 bits per heavy atom. The average Bonchev–Trinajstić information content (AvgIpc) is 2.48. The second kappa shape index (κ2) is 6.49. The lowest BCUT2D eigenvalue weighted by atomic mass is 9.99. The van der Waals surface area contributed by atoms with Crippen LogP contribution in [0.2, 0.25) is 0 Å². The summed E-state index contributed by atoms with van der Waals surface area (Å²) in [6, 6.07) is 6.61. The number of hydrogen-bond donors (Lipinski definition) is 5. The van der Waals surface area contributed by atoms with E-state index in [1.165, 1.54) is 0 Å². The third kappa shape index (κ3) is 2.93. The van der Waals surface area contributed by atoms with Crippen LogP contribution in [-0.2, 0) is 11.3 Å². The van der Waals surface area contributed by atoms with Crippen LogP contribution in [0, 0.1) is 0 Å². The first-order valence-corrected chi connectivity index (χ1v) is 6.24. The van der Waals surface area contributed by atoms with Gasteiger partial charge in [0.15, 0.2) is 0 Å². The number of aliphatic hydroxyl groups excluding tert-OH is 5. The van der Waals surface area contributed by atoms with E-state index in [2.05, 4.69) is 0 Å². The fraction of sp³-hybridized carbons (Fsp3) is 0.538. The van der Waals surface area contributed by atoms with Gasteiger partial charge < -0.3 is 35.0 Å². The SMILES string of the molecule is OCc1ccccc1O[C@@H]1O[C@H](CO)[C@@H](O)[C@@H](O)[C@@H]1O. The Morgan fingerprint density at radius 1 is 1.00 bits per heavy atom. The Bertz CT molecular complexity index is 436. The molecule has 0 bridgehead atoms. The molecule has 0 saturated carbocycles. The third-order valence-corrected chi connectivity index (χ3v) is 3.23. The van der Waals surface area contributed by atoms with E-state index < -0.39 is 37.3 Å². The van der Waals surface area contributed by atoms with Crippen LogP contribution in [0.1, 0.15) is 5.56 Å². The van der Waals surface area contributed by atoms with Crippen molar-refractivity contribution in [3.05, 3.63) is 29.8 Å². The first-order valence-electron chi connectivity index (χ1n) is 6.24. The molecule has 0 amide bonds. The summed E-state index contributed by atoms with van der Waals surface area (Å²) >= 11 is 0. The van der Waals surface area contributed by atoms with Crippen molar-refractivity contribution in [1.29, 1.82) is 0 Å². The molecule has 1 aliphatic heterocycles. The lowest BCUT2D eigenvalue weighted by Crippen LogP contribution is -2.60. The van der Waals surface area contributed by atoms with Gasteiger partial charge in [0.1, 0.15) is 30.2 Å². The van der Waals surface area contributed by atoms with E-state index in [0.29, 0.717) is 11.3 Å². The third-order valence-electron chi connectivity index (χ3n) is 3.23. The van der Waals surface area contributed by atoms with Crippen LogP contribution in [0.4, 0.5) is 0 Å². The highest BCUT2D eigenvalue weighted by Gasteiger charge is 2.44. The van der Waals surface area contributed by atoms with Crippen LogP contribution < -0.4 is 4.74 Å². The molecule has 0 spiro atoms. The Hall–Kier alpha value is -1.22. The molecule has 1 fully saturated rings. The number of aliphatic hydroxyl groups is 5. The summed E-state index contributed by atoms with van der Waals surface area (Å²) in [5.74, 6) is 0.291. The van der Waals surface area contributed by atoms with E-state index in [-0.39, 0.29) is 6.61 Å². The lowest BCUT2D eigenvalue weighted by molar-refractivity contribution is -0.277. The summed E-state index contributed by atoms with van der Waals surface area (Å²) in [6.07, 6.45) is -6.67. The summed E-state index contributed by atoms with van der Waals surface area (Å²) in [4.78, 5) is 0. The largest absolute Gasteiger partial charge is 0.462 e. The Balaban J connectivity index is 2.15. The van der Waals surface area contributed by atoms with Gasteiger partial charge >= 0.3 is 0 Å². The van der Waals surface area contributed by atoms with E-state index in [9.17, 15) is 20.4 Å². The van der Waals surface area contributed by atoms with Crippen molar-refractivity contribution in [2.45, 2.75) is 37.3 Å². The van der Waals surface area contributed by atoms with Gasteiger partial charge in [-0.1, -0.05) is 18.2 Å². The van der Waals surface area contributed by atoms with Crippen molar-refractivity contribution >= 4 is 0 Å². The molecule has 112 valence electrons. The van der Waals surface area contributed by atoms with Gasteiger partial charge in [0.05, 0.1) is 13.2 Å². The molecule has 1 saturated heterocycles. The number of ether oxygens (including phenoxy) is 2. The quantitative estimate of drug-likeness (QED) is 0.450. The minimum atomic E-state index is -1.49. The lowest BCUT2D eigenvalue weighted by Gasteiger charge is -2.39. The number of para-hydroxylation sites is 1. The molecular formula is C13H18O7. The van der Waals surface area contributed by atoms with E-state index in [4.69, 9.17) is 14.6 Å². The van der Waals surface area contributed by atoms with E-state index >= 15 is 0 Å². The molecule has 7 heteroatoms. The van der Waals surface area contributed by atoms with Crippen LogP contribution in [0.25, 0.3) is 0 Å². The predicted octanol–water partition coefficient (Wildman–Crippen LogP) is -1.64. The number of rotatable bonds is 4. The maximum atomic E-state index is 9.84. The smallest absolute Gasteiger partial charge is 0.229 e. The van der Waals surface area contributed by atoms with Crippen molar-refractivity contribution in [1.82, 2.24) is 0 Å². The second-order valence-corrected chi connectivity index (χ2v) is 4.58. The van der Waals surface area contributed by atoms with Crippen molar-refractivity contribution in [2.24, 2.45) is 0 Å². The van der Waals surface area contributed by atoms with Gasteiger partial charge in [-0.3, -0.25) is 0 Å². The Labute approximate surface area is 115 Å². The van der Waals surface area contributed by atoms with E-state index in [1.807, 2.05) is 0 Å². The molecule has 0 radical (unpaired) electrons. The monoisotopic (exact) mass is 286 g/mol. The summed E-state index contributed by atoms with van der Waals surface area (Å²) in [7, 11) is 0. The molecule has 1 aromatic rings. The highest BCUT2D eigenvalue weighted by molar-refractivity contribution is 5.32. The van der Waals surface area contributed by atoms with Gasteiger partial charge in [-0.2, -0.15) is 0 Å². The van der Waals surface area contributed by atoms with Crippen molar-refractivity contribution in [2.75, 3.05) is 6.61 Å². The normalized spacial score (nSPS) is 34.0. The minimum Gasteiger partial charge on any atom is -0.462 e. The fourth-order valence-electron chi connectivity index (χ4n) is 2.04. The maximum Gasteiger partial charge on any atom is 0.229 e. The molecular weight excluding hydrogens is 268 g/mol. The number of hydrogen-bond acceptors (Lipinski definition) is 7. The average molecular weight is 286 g/mol. The van der Waals surface area contributed by atoms with Crippen molar-refractivity contribution in [3.8, 4) is 5.75 Å². The minimum absolute atomic E-state index is 0.256. The maximum absolute atomic E-state index is 9.84. The van der Waals surface area contributed by atoms with E-state index in [0.717, 1.165) is 0 Å². The second-order valence-electron chi connectivity index (χ2n) is 4.58. The zero-order valence-corrected chi connectivity index (χ0v) is 10.7. The van der Waals surface area contributed by atoms with Gasteiger partial charge in [0.25, 0.3) is 0 Å². The highest BCUT2D eigenvalue weighted by Crippen LogP contribution is 2.26. The molecule has 0 unspecified atom stereocenters. The molecule has 0 aliphatic carbocycles. The summed E-state index contributed by atoms with van der Waals surface area (Å²) < 4.78 is 10.6. The zero-order valence-electron chi connectivity index (χ0n) is 10.7. The molecule has 2 rings (SSSR count). The molecule has 0 aromatic heterocycles. The molecule has 1 heterocycles. The fourth-order valence-corrected chi connectivity index (χ4v) is 2.04. The summed E-state index contributed by atoms with van der Waals surface area (Å²) in [6.45, 7) is -0.778. The molecule has 1 aliphatic rings. The first kappa shape index (κ1) is 15.2. The molecule has 5 N–H and O–H groups in total. The van der Waals surface area contributed by atoms with Crippen molar-refractivity contribution in [3.63, 3.8) is 0 Å². The summed E-state index contributed by atoms with van der Waals surface area (Å²) in [5.41, 5.74) is 0.490. The number of benzene rings is 1. The van der Waals surface area contributed by atoms with Crippen LogP contribution in [0.3, 0.4) is 0 Å². The van der Waals surface area contributed by atoms with Gasteiger partial charge in [0.2, 0.25) is 6.29 Å². The molecule has 5 atom stereocenters. The first-order chi connectivity index (χ1) is 9.58. The topological polar surface area (TPSA) is 120 Å². The van der Waals surface area contributed by atoms with Gasteiger partial charge in [-0.05, 0) is 6.07 Å².